The van der Waals surface area contributed by atoms with Gasteiger partial charge in [-0.1, -0.05) is 90.1 Å². The van der Waals surface area contributed by atoms with E-state index in [1.54, 1.807) is 30.3 Å². The number of carbonyl (C=O) groups excluding carboxylic acids is 1. The van der Waals surface area contributed by atoms with Crippen LogP contribution in [-0.2, 0) is 14.6 Å². The number of nitrogens with one attached hydrogen (secondary N) is 1. The Kier molecular flexibility index (Phi) is 6.06. The Bertz CT molecular complexity index is 1280. The minimum atomic E-state index is -3.86. The summed E-state index contributed by atoms with van der Waals surface area (Å²) < 4.78 is 26.8. The number of aldehydes is 1. The number of rotatable bonds is 7. The van der Waals surface area contributed by atoms with Crippen LogP contribution in [0.2, 0.25) is 0 Å². The molecule has 156 valence electrons. The monoisotopic (exact) mass is 448 g/mol. The molecule has 0 spiro atoms. The Balaban J connectivity index is 1.82. The van der Waals surface area contributed by atoms with Crippen LogP contribution in [0.4, 0.5) is 0 Å². The van der Waals surface area contributed by atoms with E-state index in [0.717, 1.165) is 34.7 Å². The van der Waals surface area contributed by atoms with Crippen LogP contribution in [0.1, 0.15) is 16.4 Å². The molecule has 0 amide bonds. The average Bonchev–Trinajstić information content (AvgIpc) is 3.24. The molecule has 0 unspecified atom stereocenters. The summed E-state index contributed by atoms with van der Waals surface area (Å²) in [6.07, 6.45) is 0.805. The van der Waals surface area contributed by atoms with Crippen molar-refractivity contribution in [3.8, 4) is 11.4 Å². The predicted molar refractivity (Wildman–Crippen MR) is 122 cm³/mol. The van der Waals surface area contributed by atoms with Crippen LogP contribution < -0.4 is 0 Å². The van der Waals surface area contributed by atoms with Gasteiger partial charge in [0.05, 0.1) is 10.1 Å². The van der Waals surface area contributed by atoms with Gasteiger partial charge < -0.3 is 9.78 Å². The van der Waals surface area contributed by atoms with E-state index in [-0.39, 0.29) is 14.9 Å². The van der Waals surface area contributed by atoms with Crippen molar-refractivity contribution in [1.82, 2.24) is 9.97 Å². The van der Waals surface area contributed by atoms with Gasteiger partial charge in [-0.05, 0) is 24.6 Å². The maximum atomic E-state index is 13.4. The standard InChI is InChI=1S/C24H20N2O3S2/c1-17-12-14-19(15-13-17)22-25-23(30-21(16-27)18-8-4-2-5-9-18)24(26-22)31(28,29)20-10-6-3-7-11-20/h2-16,21H,1H3,(H,25,26)/t21-/m1/s1. The Hall–Kier alpha value is -3.16. The van der Waals surface area contributed by atoms with Gasteiger partial charge in [-0.25, -0.2) is 13.4 Å². The zero-order valence-corrected chi connectivity index (χ0v) is 18.4. The summed E-state index contributed by atoms with van der Waals surface area (Å²) in [5.41, 5.74) is 2.64. The summed E-state index contributed by atoms with van der Waals surface area (Å²) in [6, 6.07) is 25.1. The largest absolute Gasteiger partial charge is 0.328 e. The Morgan fingerprint density at radius 1 is 0.903 bits per heavy atom. The van der Waals surface area contributed by atoms with Crippen LogP contribution in [0.25, 0.3) is 11.4 Å². The van der Waals surface area contributed by atoms with E-state index in [1.807, 2.05) is 61.5 Å². The molecule has 7 heteroatoms. The highest BCUT2D eigenvalue weighted by molar-refractivity contribution is 8.01. The number of sulfone groups is 1. The lowest BCUT2D eigenvalue weighted by Crippen LogP contribution is -2.05. The molecule has 0 fully saturated rings. The summed E-state index contributed by atoms with van der Waals surface area (Å²) in [7, 11) is -3.86. The van der Waals surface area contributed by atoms with Crippen molar-refractivity contribution in [2.24, 2.45) is 0 Å². The highest BCUT2D eigenvalue weighted by Gasteiger charge is 2.28. The number of H-pyrrole nitrogens is 1. The molecule has 1 aromatic heterocycles. The first-order valence-corrected chi connectivity index (χ1v) is 12.0. The van der Waals surface area contributed by atoms with Crippen molar-refractivity contribution in [3.63, 3.8) is 0 Å². The van der Waals surface area contributed by atoms with Crippen LogP contribution in [0.15, 0.2) is 99.9 Å². The molecule has 0 aliphatic carbocycles. The van der Waals surface area contributed by atoms with Crippen LogP contribution in [0, 0.1) is 6.92 Å². The van der Waals surface area contributed by atoms with Gasteiger partial charge >= 0.3 is 0 Å². The third-order valence-electron chi connectivity index (χ3n) is 4.78. The first kappa shape index (κ1) is 21.1. The molecule has 0 bridgehead atoms. The summed E-state index contributed by atoms with van der Waals surface area (Å²) in [6.45, 7) is 1.98. The lowest BCUT2D eigenvalue weighted by atomic mass is 10.1. The second-order valence-electron chi connectivity index (χ2n) is 6.99. The Morgan fingerprint density at radius 2 is 1.52 bits per heavy atom. The highest BCUT2D eigenvalue weighted by atomic mass is 32.2. The van der Waals surface area contributed by atoms with E-state index in [2.05, 4.69) is 9.97 Å². The molecule has 5 nitrogen and oxygen atoms in total. The van der Waals surface area contributed by atoms with E-state index in [9.17, 15) is 13.2 Å². The van der Waals surface area contributed by atoms with Crippen molar-refractivity contribution in [2.45, 2.75) is 27.1 Å². The molecule has 0 radical (unpaired) electrons. The van der Waals surface area contributed by atoms with E-state index in [0.29, 0.717) is 5.82 Å². The fraction of sp³-hybridized carbons (Fsp3) is 0.0833. The molecule has 4 aromatic rings. The lowest BCUT2D eigenvalue weighted by Gasteiger charge is -2.10. The second kappa shape index (κ2) is 8.91. The first-order valence-electron chi connectivity index (χ1n) is 9.63. The van der Waals surface area contributed by atoms with Gasteiger partial charge in [-0.15, -0.1) is 0 Å². The van der Waals surface area contributed by atoms with E-state index >= 15 is 0 Å². The topological polar surface area (TPSA) is 79.9 Å². The minimum Gasteiger partial charge on any atom is -0.328 e. The summed E-state index contributed by atoms with van der Waals surface area (Å²) in [4.78, 5) is 19.6. The van der Waals surface area contributed by atoms with Crippen LogP contribution in [-0.4, -0.2) is 24.7 Å². The molecule has 3 aromatic carbocycles. The van der Waals surface area contributed by atoms with E-state index in [4.69, 9.17) is 0 Å². The molecule has 0 saturated carbocycles. The Labute approximate surface area is 185 Å². The lowest BCUT2D eigenvalue weighted by molar-refractivity contribution is -0.107. The third-order valence-corrected chi connectivity index (χ3v) is 7.79. The number of nitrogens with zero attached hydrogens (tertiary/aromatic N) is 1. The van der Waals surface area contributed by atoms with Gasteiger partial charge in [0.15, 0.2) is 5.03 Å². The van der Waals surface area contributed by atoms with Crippen molar-refractivity contribution in [1.29, 1.82) is 0 Å². The third kappa shape index (κ3) is 4.47. The number of hydrogen-bond donors (Lipinski definition) is 1. The van der Waals surface area contributed by atoms with Crippen molar-refractivity contribution in [2.75, 3.05) is 0 Å². The van der Waals surface area contributed by atoms with Gasteiger partial charge in [0.25, 0.3) is 0 Å². The summed E-state index contributed by atoms with van der Waals surface area (Å²) in [5, 5.41) is -0.331. The summed E-state index contributed by atoms with van der Waals surface area (Å²) in [5.74, 6) is 0.440. The SMILES string of the molecule is Cc1ccc(-c2nc(S[C@H](C=O)c3ccccc3)c(S(=O)(=O)c3ccccc3)[nH]2)cc1. The molecule has 4 rings (SSSR count). The molecule has 0 aliphatic heterocycles. The maximum Gasteiger partial charge on any atom is 0.224 e. The van der Waals surface area contributed by atoms with Crippen molar-refractivity contribution in [3.05, 3.63) is 96.1 Å². The fourth-order valence-corrected chi connectivity index (χ4v) is 5.73. The highest BCUT2D eigenvalue weighted by Crippen LogP contribution is 2.39. The van der Waals surface area contributed by atoms with Crippen LogP contribution in [0.3, 0.4) is 0 Å². The molecule has 31 heavy (non-hydrogen) atoms. The number of imidazole rings is 1. The number of thioether (sulfide) groups is 1. The van der Waals surface area contributed by atoms with Gasteiger partial charge in [0, 0.05) is 5.56 Å². The first-order chi connectivity index (χ1) is 15.0. The molecular formula is C24H20N2O3S2. The fourth-order valence-electron chi connectivity index (χ4n) is 3.11. The number of carbonyl (C=O) groups is 1. The van der Waals surface area contributed by atoms with E-state index < -0.39 is 15.1 Å². The number of benzene rings is 3. The summed E-state index contributed by atoms with van der Waals surface area (Å²) >= 11 is 1.12. The molecule has 1 atom stereocenters. The molecular weight excluding hydrogens is 428 g/mol. The zero-order valence-electron chi connectivity index (χ0n) is 16.7. The zero-order chi connectivity index (χ0) is 21.8. The number of aromatic amines is 1. The molecule has 0 aliphatic rings. The maximum absolute atomic E-state index is 13.4. The van der Waals surface area contributed by atoms with Crippen molar-refractivity contribution >= 4 is 27.9 Å². The number of hydrogen-bond acceptors (Lipinski definition) is 5. The smallest absolute Gasteiger partial charge is 0.224 e. The van der Waals surface area contributed by atoms with Gasteiger partial charge in [-0.3, -0.25) is 0 Å². The van der Waals surface area contributed by atoms with Crippen LogP contribution >= 0.6 is 11.8 Å². The predicted octanol–water partition coefficient (Wildman–Crippen LogP) is 5.25. The minimum absolute atomic E-state index is 0.0120. The van der Waals surface area contributed by atoms with Crippen LogP contribution in [0.5, 0.6) is 0 Å². The quantitative estimate of drug-likeness (QED) is 0.308. The molecule has 1 heterocycles. The molecule has 0 saturated heterocycles. The van der Waals surface area contributed by atoms with Gasteiger partial charge in [0.2, 0.25) is 9.84 Å². The normalized spacial score (nSPS) is 12.4. The second-order valence-corrected chi connectivity index (χ2v) is 10.0. The molecule has 1 N–H and O–H groups in total. The number of aromatic nitrogens is 2. The van der Waals surface area contributed by atoms with Gasteiger partial charge in [0.1, 0.15) is 17.1 Å². The van der Waals surface area contributed by atoms with E-state index in [1.165, 1.54) is 0 Å². The van der Waals surface area contributed by atoms with Gasteiger partial charge in [-0.2, -0.15) is 0 Å². The Morgan fingerprint density at radius 3 is 2.13 bits per heavy atom. The number of aryl methyl sites for hydroxylation is 1. The van der Waals surface area contributed by atoms with Crippen molar-refractivity contribution < 1.29 is 13.2 Å². The average molecular weight is 449 g/mol.